The number of hydrogen-bond donors (Lipinski definition) is 1. The zero-order chi connectivity index (χ0) is 24.2. The fourth-order valence-corrected chi connectivity index (χ4v) is 4.17. The Balaban J connectivity index is 1.65. The molecule has 0 radical (unpaired) electrons. The first kappa shape index (κ1) is 23.6. The van der Waals surface area contributed by atoms with Crippen molar-refractivity contribution < 1.29 is 9.59 Å². The molecular weight excluding hydrogens is 469 g/mol. The summed E-state index contributed by atoms with van der Waals surface area (Å²) in [6.45, 7) is 2.16. The number of carbonyl (C=O) groups excluding carboxylic acids is 2. The average molecular weight is 492 g/mol. The van der Waals surface area contributed by atoms with Crippen LogP contribution in [-0.2, 0) is 13.6 Å². The minimum Gasteiger partial charge on any atom is -0.343 e. The van der Waals surface area contributed by atoms with Crippen LogP contribution in [0.15, 0.2) is 84.9 Å². The summed E-state index contributed by atoms with van der Waals surface area (Å²) < 4.78 is 1.84. The van der Waals surface area contributed by atoms with Crippen LogP contribution in [0.2, 0.25) is 10.0 Å². The molecule has 0 atom stereocenters. The van der Waals surface area contributed by atoms with Crippen LogP contribution in [0, 0.1) is 6.92 Å². The van der Waals surface area contributed by atoms with Crippen molar-refractivity contribution in [1.29, 1.82) is 0 Å². The number of rotatable bonds is 6. The van der Waals surface area contributed by atoms with Crippen molar-refractivity contribution >= 4 is 46.4 Å². The quantitative estimate of drug-likeness (QED) is 0.292. The second-order valence-corrected chi connectivity index (χ2v) is 8.80. The third-order valence-electron chi connectivity index (χ3n) is 5.55. The van der Waals surface area contributed by atoms with Crippen LogP contribution in [0.4, 0.5) is 16.2 Å². The van der Waals surface area contributed by atoms with E-state index in [-0.39, 0.29) is 18.4 Å². The lowest BCUT2D eigenvalue weighted by Gasteiger charge is -2.24. The number of ketones is 1. The fourth-order valence-electron chi connectivity index (χ4n) is 3.85. The summed E-state index contributed by atoms with van der Waals surface area (Å²) in [7, 11) is 1.84. The second kappa shape index (κ2) is 10.2. The van der Waals surface area contributed by atoms with Crippen LogP contribution < -0.4 is 10.2 Å². The molecule has 4 aromatic rings. The molecule has 1 N–H and O–H groups in total. The molecule has 2 amide bonds. The maximum atomic E-state index is 13.3. The molecule has 0 aliphatic heterocycles. The summed E-state index contributed by atoms with van der Waals surface area (Å²) in [5.74, 6) is -0.0995. The highest BCUT2D eigenvalue weighted by atomic mass is 35.5. The molecule has 0 bridgehead atoms. The van der Waals surface area contributed by atoms with Crippen LogP contribution in [0.1, 0.15) is 27.3 Å². The van der Waals surface area contributed by atoms with Crippen LogP contribution in [-0.4, -0.2) is 16.4 Å². The Morgan fingerprint density at radius 3 is 2.26 bits per heavy atom. The van der Waals surface area contributed by atoms with Gasteiger partial charge in [0.05, 0.1) is 12.2 Å². The topological polar surface area (TPSA) is 54.3 Å². The van der Waals surface area contributed by atoms with Gasteiger partial charge in [-0.15, -0.1) is 0 Å². The highest BCUT2D eigenvalue weighted by molar-refractivity contribution is 6.31. The number of halogens is 2. The average Bonchev–Trinajstić information content (AvgIpc) is 3.10. The standard InChI is InChI=1S/C27H23Cl2N3O2/c1-18-15-24(31(2)25(18)26(33)19-11-13-20(28)14-12-19)17-32(23-9-4-3-5-10-23)27(34)30-22-8-6-7-21(29)16-22/h3-16H,17H2,1-2H3,(H,30,34). The first-order chi connectivity index (χ1) is 16.3. The molecular formula is C27H23Cl2N3O2. The van der Waals surface area contributed by atoms with E-state index < -0.39 is 0 Å². The Labute approximate surface area is 208 Å². The maximum absolute atomic E-state index is 13.3. The zero-order valence-electron chi connectivity index (χ0n) is 18.8. The molecule has 5 nitrogen and oxygen atoms in total. The number of anilines is 2. The molecule has 0 unspecified atom stereocenters. The lowest BCUT2D eigenvalue weighted by atomic mass is 10.1. The molecule has 4 rings (SSSR count). The number of aryl methyl sites for hydroxylation is 1. The van der Waals surface area contributed by atoms with Crippen LogP contribution >= 0.6 is 23.2 Å². The van der Waals surface area contributed by atoms with Crippen molar-refractivity contribution in [2.45, 2.75) is 13.5 Å². The number of urea groups is 1. The summed E-state index contributed by atoms with van der Waals surface area (Å²) in [5.41, 5.74) is 4.10. The molecule has 34 heavy (non-hydrogen) atoms. The molecule has 0 aliphatic carbocycles. The Hall–Kier alpha value is -3.54. The minimum atomic E-state index is -0.308. The number of amides is 2. The Morgan fingerprint density at radius 2 is 1.59 bits per heavy atom. The predicted molar refractivity (Wildman–Crippen MR) is 138 cm³/mol. The van der Waals surface area contributed by atoms with Gasteiger partial charge in [0.25, 0.3) is 0 Å². The summed E-state index contributed by atoms with van der Waals surface area (Å²) in [6.07, 6.45) is 0. The molecule has 0 saturated heterocycles. The maximum Gasteiger partial charge on any atom is 0.326 e. The van der Waals surface area contributed by atoms with E-state index in [1.165, 1.54) is 0 Å². The largest absolute Gasteiger partial charge is 0.343 e. The van der Waals surface area contributed by atoms with Gasteiger partial charge in [0.1, 0.15) is 0 Å². The van der Waals surface area contributed by atoms with Gasteiger partial charge in [-0.2, -0.15) is 0 Å². The molecule has 7 heteroatoms. The SMILES string of the molecule is Cc1cc(CN(C(=O)Nc2cccc(Cl)c2)c2ccccc2)n(C)c1C(=O)c1ccc(Cl)cc1. The van der Waals surface area contributed by atoms with Crippen LogP contribution in [0.25, 0.3) is 0 Å². The van der Waals surface area contributed by atoms with E-state index in [1.807, 2.05) is 54.9 Å². The predicted octanol–water partition coefficient (Wildman–Crippen LogP) is 7.11. The molecule has 0 spiro atoms. The van der Waals surface area contributed by atoms with Gasteiger partial charge in [0, 0.05) is 39.7 Å². The summed E-state index contributed by atoms with van der Waals surface area (Å²) in [6, 6.07) is 24.8. The molecule has 1 aromatic heterocycles. The van der Waals surface area contributed by atoms with E-state index in [0.717, 1.165) is 16.9 Å². The molecule has 0 fully saturated rings. The molecule has 0 aliphatic rings. The number of benzene rings is 3. The molecule has 1 heterocycles. The minimum absolute atomic E-state index is 0.0995. The molecule has 3 aromatic carbocycles. The fraction of sp³-hybridized carbons (Fsp3) is 0.111. The van der Waals surface area contributed by atoms with Gasteiger partial charge in [-0.1, -0.05) is 47.5 Å². The zero-order valence-corrected chi connectivity index (χ0v) is 20.3. The first-order valence-electron chi connectivity index (χ1n) is 10.7. The Bertz CT molecular complexity index is 1330. The van der Waals surface area contributed by atoms with Gasteiger partial charge in [-0.25, -0.2) is 4.79 Å². The lowest BCUT2D eigenvalue weighted by molar-refractivity contribution is 0.103. The van der Waals surface area contributed by atoms with Crippen molar-refractivity contribution in [2.24, 2.45) is 7.05 Å². The first-order valence-corrected chi connectivity index (χ1v) is 11.4. The second-order valence-electron chi connectivity index (χ2n) is 7.92. The van der Waals surface area contributed by atoms with Gasteiger partial charge in [0.15, 0.2) is 0 Å². The van der Waals surface area contributed by atoms with E-state index in [0.29, 0.717) is 27.0 Å². The van der Waals surface area contributed by atoms with Gasteiger partial charge < -0.3 is 9.88 Å². The molecule has 172 valence electrons. The Kier molecular flexibility index (Phi) is 7.06. The van der Waals surface area contributed by atoms with Gasteiger partial charge in [0.2, 0.25) is 5.78 Å². The van der Waals surface area contributed by atoms with E-state index in [1.54, 1.807) is 53.4 Å². The van der Waals surface area contributed by atoms with Crippen molar-refractivity contribution in [3.05, 3.63) is 117 Å². The van der Waals surface area contributed by atoms with Crippen molar-refractivity contribution in [1.82, 2.24) is 4.57 Å². The van der Waals surface area contributed by atoms with Crippen molar-refractivity contribution in [3.8, 4) is 0 Å². The Morgan fingerprint density at radius 1 is 0.882 bits per heavy atom. The normalized spacial score (nSPS) is 10.7. The summed E-state index contributed by atoms with van der Waals surface area (Å²) in [4.78, 5) is 28.1. The van der Waals surface area contributed by atoms with Crippen molar-refractivity contribution in [3.63, 3.8) is 0 Å². The third-order valence-corrected chi connectivity index (χ3v) is 6.04. The molecule has 0 saturated carbocycles. The summed E-state index contributed by atoms with van der Waals surface area (Å²) >= 11 is 12.1. The number of nitrogens with one attached hydrogen (secondary N) is 1. The van der Waals surface area contributed by atoms with Gasteiger partial charge in [-0.3, -0.25) is 9.69 Å². The van der Waals surface area contributed by atoms with Gasteiger partial charge >= 0.3 is 6.03 Å². The monoisotopic (exact) mass is 491 g/mol. The van der Waals surface area contributed by atoms with E-state index >= 15 is 0 Å². The van der Waals surface area contributed by atoms with Gasteiger partial charge in [-0.05, 0) is 73.2 Å². The van der Waals surface area contributed by atoms with Crippen LogP contribution in [0.3, 0.4) is 0 Å². The smallest absolute Gasteiger partial charge is 0.326 e. The number of nitrogens with zero attached hydrogens (tertiary/aromatic N) is 2. The van der Waals surface area contributed by atoms with E-state index in [4.69, 9.17) is 23.2 Å². The number of para-hydroxylation sites is 1. The number of carbonyl (C=O) groups is 2. The lowest BCUT2D eigenvalue weighted by Crippen LogP contribution is -2.35. The highest BCUT2D eigenvalue weighted by Crippen LogP contribution is 2.24. The van der Waals surface area contributed by atoms with Crippen LogP contribution in [0.5, 0.6) is 0 Å². The third kappa shape index (κ3) is 5.16. The number of hydrogen-bond acceptors (Lipinski definition) is 2. The summed E-state index contributed by atoms with van der Waals surface area (Å²) in [5, 5.41) is 4.02. The van der Waals surface area contributed by atoms with E-state index in [9.17, 15) is 9.59 Å². The highest BCUT2D eigenvalue weighted by Gasteiger charge is 2.22. The van der Waals surface area contributed by atoms with Crippen molar-refractivity contribution in [2.75, 3.05) is 10.2 Å². The number of aromatic nitrogens is 1. The van der Waals surface area contributed by atoms with E-state index in [2.05, 4.69) is 5.32 Å².